The van der Waals surface area contributed by atoms with Gasteiger partial charge in [0.1, 0.15) is 5.52 Å². The standard InChI is InChI=1S/C14H16ClN3OS/c1-8(2)16-13(19)9-6-18(7-9)14-17-12-10(15)4-3-5-11(12)20-14/h3-5,8-9H,6-7H2,1-2H3,(H,16,19). The number of amides is 1. The van der Waals surface area contributed by atoms with Crippen LogP contribution in [0.15, 0.2) is 18.2 Å². The zero-order valence-electron chi connectivity index (χ0n) is 11.4. The molecule has 1 N–H and O–H groups in total. The molecule has 4 nitrogen and oxygen atoms in total. The molecule has 1 amide bonds. The third-order valence-electron chi connectivity index (χ3n) is 3.31. The summed E-state index contributed by atoms with van der Waals surface area (Å²) in [6.07, 6.45) is 0. The first-order valence-corrected chi connectivity index (χ1v) is 7.84. The summed E-state index contributed by atoms with van der Waals surface area (Å²) in [6, 6.07) is 5.99. The van der Waals surface area contributed by atoms with Gasteiger partial charge < -0.3 is 10.2 Å². The first kappa shape index (κ1) is 13.6. The van der Waals surface area contributed by atoms with E-state index >= 15 is 0 Å². The molecule has 1 aliphatic heterocycles. The van der Waals surface area contributed by atoms with Crippen molar-refractivity contribution in [2.45, 2.75) is 19.9 Å². The average molecular weight is 310 g/mol. The van der Waals surface area contributed by atoms with Gasteiger partial charge in [-0.05, 0) is 26.0 Å². The second-order valence-electron chi connectivity index (χ2n) is 5.35. The van der Waals surface area contributed by atoms with Gasteiger partial charge in [0.15, 0.2) is 5.13 Å². The number of anilines is 1. The lowest BCUT2D eigenvalue weighted by atomic mass is 10.00. The molecule has 106 valence electrons. The number of halogens is 1. The van der Waals surface area contributed by atoms with E-state index in [1.54, 1.807) is 11.3 Å². The van der Waals surface area contributed by atoms with Gasteiger partial charge in [-0.3, -0.25) is 4.79 Å². The molecule has 0 bridgehead atoms. The zero-order chi connectivity index (χ0) is 14.3. The third kappa shape index (κ3) is 2.47. The predicted octanol–water partition coefficient (Wildman–Crippen LogP) is 2.91. The van der Waals surface area contributed by atoms with Gasteiger partial charge in [0.05, 0.1) is 15.6 Å². The smallest absolute Gasteiger partial charge is 0.226 e. The zero-order valence-corrected chi connectivity index (χ0v) is 13.0. The van der Waals surface area contributed by atoms with Crippen molar-refractivity contribution >= 4 is 44.2 Å². The SMILES string of the molecule is CC(C)NC(=O)C1CN(c2nc3c(Cl)cccc3s2)C1. The van der Waals surface area contributed by atoms with Crippen molar-refractivity contribution in [1.82, 2.24) is 10.3 Å². The summed E-state index contributed by atoms with van der Waals surface area (Å²) in [4.78, 5) is 18.6. The summed E-state index contributed by atoms with van der Waals surface area (Å²) in [5, 5.41) is 4.57. The highest BCUT2D eigenvalue weighted by molar-refractivity contribution is 7.22. The van der Waals surface area contributed by atoms with Crippen LogP contribution in [0.3, 0.4) is 0 Å². The Hall–Kier alpha value is -1.33. The minimum atomic E-state index is 0.0693. The van der Waals surface area contributed by atoms with Crippen LogP contribution in [0.5, 0.6) is 0 Å². The van der Waals surface area contributed by atoms with Crippen molar-refractivity contribution in [3.05, 3.63) is 23.2 Å². The van der Waals surface area contributed by atoms with Gasteiger partial charge in [0.2, 0.25) is 5.91 Å². The average Bonchev–Trinajstić information content (AvgIpc) is 2.70. The largest absolute Gasteiger partial charge is 0.354 e. The number of carbonyl (C=O) groups excluding carboxylic acids is 1. The fourth-order valence-corrected chi connectivity index (χ4v) is 3.52. The molecule has 1 saturated heterocycles. The van der Waals surface area contributed by atoms with Crippen LogP contribution in [-0.2, 0) is 4.79 Å². The lowest BCUT2D eigenvalue weighted by Crippen LogP contribution is -2.54. The van der Waals surface area contributed by atoms with Gasteiger partial charge >= 0.3 is 0 Å². The molecular formula is C14H16ClN3OS. The van der Waals surface area contributed by atoms with Crippen LogP contribution in [-0.4, -0.2) is 30.0 Å². The van der Waals surface area contributed by atoms with Gasteiger partial charge in [-0.2, -0.15) is 0 Å². The molecule has 0 unspecified atom stereocenters. The topological polar surface area (TPSA) is 45.2 Å². The molecule has 0 spiro atoms. The molecule has 20 heavy (non-hydrogen) atoms. The molecule has 1 fully saturated rings. The molecule has 1 aromatic heterocycles. The lowest BCUT2D eigenvalue weighted by Gasteiger charge is -2.38. The van der Waals surface area contributed by atoms with Gasteiger partial charge in [0, 0.05) is 19.1 Å². The van der Waals surface area contributed by atoms with Crippen molar-refractivity contribution < 1.29 is 4.79 Å². The fourth-order valence-electron chi connectivity index (χ4n) is 2.24. The molecule has 0 aliphatic carbocycles. The van der Waals surface area contributed by atoms with Gasteiger partial charge in [-0.1, -0.05) is 29.0 Å². The van der Waals surface area contributed by atoms with E-state index in [9.17, 15) is 4.79 Å². The minimum absolute atomic E-state index is 0.0693. The molecule has 1 aromatic carbocycles. The van der Waals surface area contributed by atoms with Crippen molar-refractivity contribution in [3.8, 4) is 0 Å². The highest BCUT2D eigenvalue weighted by atomic mass is 35.5. The summed E-state index contributed by atoms with van der Waals surface area (Å²) in [7, 11) is 0. The van der Waals surface area contributed by atoms with E-state index in [-0.39, 0.29) is 17.9 Å². The minimum Gasteiger partial charge on any atom is -0.354 e. The number of thiazole rings is 1. The maximum Gasteiger partial charge on any atom is 0.226 e. The summed E-state index contributed by atoms with van der Waals surface area (Å²) in [5.41, 5.74) is 0.851. The van der Waals surface area contributed by atoms with E-state index in [1.165, 1.54) is 0 Å². The van der Waals surface area contributed by atoms with Crippen molar-refractivity contribution in [3.63, 3.8) is 0 Å². The molecule has 0 saturated carbocycles. The summed E-state index contributed by atoms with van der Waals surface area (Å²) < 4.78 is 1.09. The second-order valence-corrected chi connectivity index (χ2v) is 6.76. The number of hydrogen-bond acceptors (Lipinski definition) is 4. The number of fused-ring (bicyclic) bond motifs is 1. The molecule has 3 rings (SSSR count). The number of hydrogen-bond donors (Lipinski definition) is 1. The fraction of sp³-hybridized carbons (Fsp3) is 0.429. The van der Waals surface area contributed by atoms with Gasteiger partial charge in [-0.25, -0.2) is 4.98 Å². The molecule has 6 heteroatoms. The monoisotopic (exact) mass is 309 g/mol. The maximum atomic E-state index is 11.9. The molecule has 0 radical (unpaired) electrons. The maximum absolute atomic E-state index is 11.9. The predicted molar refractivity (Wildman–Crippen MR) is 83.6 cm³/mol. The number of rotatable bonds is 3. The summed E-state index contributed by atoms with van der Waals surface area (Å²) >= 11 is 7.76. The number of aromatic nitrogens is 1. The summed E-state index contributed by atoms with van der Waals surface area (Å²) in [5.74, 6) is 0.204. The number of nitrogens with one attached hydrogen (secondary N) is 1. The van der Waals surface area contributed by atoms with Gasteiger partial charge in [0.25, 0.3) is 0 Å². The Morgan fingerprint density at radius 3 is 2.90 bits per heavy atom. The van der Waals surface area contributed by atoms with Crippen LogP contribution >= 0.6 is 22.9 Å². The molecule has 0 atom stereocenters. The van der Waals surface area contributed by atoms with E-state index in [1.807, 2.05) is 32.0 Å². The van der Waals surface area contributed by atoms with Crippen LogP contribution in [0.2, 0.25) is 5.02 Å². The summed E-state index contributed by atoms with van der Waals surface area (Å²) in [6.45, 7) is 5.42. The molecule has 2 aromatic rings. The highest BCUT2D eigenvalue weighted by Crippen LogP contribution is 2.35. The molecule has 2 heterocycles. The molecular weight excluding hydrogens is 294 g/mol. The van der Waals surface area contributed by atoms with Crippen molar-refractivity contribution in [2.75, 3.05) is 18.0 Å². The Balaban J connectivity index is 1.69. The van der Waals surface area contributed by atoms with E-state index in [4.69, 9.17) is 11.6 Å². The number of para-hydroxylation sites is 1. The van der Waals surface area contributed by atoms with Gasteiger partial charge in [-0.15, -0.1) is 0 Å². The number of carbonyl (C=O) groups is 1. The quantitative estimate of drug-likeness (QED) is 0.948. The second kappa shape index (κ2) is 5.22. The van der Waals surface area contributed by atoms with E-state index in [0.29, 0.717) is 5.02 Å². The Morgan fingerprint density at radius 2 is 2.25 bits per heavy atom. The van der Waals surface area contributed by atoms with Crippen LogP contribution in [0, 0.1) is 5.92 Å². The van der Waals surface area contributed by atoms with Crippen LogP contribution in [0.4, 0.5) is 5.13 Å². The van der Waals surface area contributed by atoms with E-state index in [2.05, 4.69) is 15.2 Å². The van der Waals surface area contributed by atoms with E-state index < -0.39 is 0 Å². The van der Waals surface area contributed by atoms with Crippen LogP contribution in [0.1, 0.15) is 13.8 Å². The first-order chi connectivity index (χ1) is 9.54. The lowest BCUT2D eigenvalue weighted by molar-refractivity contribution is -0.126. The normalized spacial score (nSPS) is 15.7. The van der Waals surface area contributed by atoms with Crippen LogP contribution in [0.25, 0.3) is 10.2 Å². The van der Waals surface area contributed by atoms with Crippen LogP contribution < -0.4 is 10.2 Å². The Bertz CT molecular complexity index is 649. The Kier molecular flexibility index (Phi) is 3.56. The highest BCUT2D eigenvalue weighted by Gasteiger charge is 2.34. The van der Waals surface area contributed by atoms with Crippen molar-refractivity contribution in [1.29, 1.82) is 0 Å². The first-order valence-electron chi connectivity index (χ1n) is 6.65. The van der Waals surface area contributed by atoms with Crippen molar-refractivity contribution in [2.24, 2.45) is 5.92 Å². The number of benzene rings is 1. The Labute approximate surface area is 126 Å². The Morgan fingerprint density at radius 1 is 1.50 bits per heavy atom. The molecule has 1 aliphatic rings. The van der Waals surface area contributed by atoms with E-state index in [0.717, 1.165) is 28.4 Å². The number of nitrogens with zero attached hydrogens (tertiary/aromatic N) is 2. The third-order valence-corrected chi connectivity index (χ3v) is 4.70.